The van der Waals surface area contributed by atoms with Crippen LogP contribution in [0.2, 0.25) is 0 Å². The molecule has 17 heavy (non-hydrogen) atoms. The van der Waals surface area contributed by atoms with Gasteiger partial charge in [0.1, 0.15) is 0 Å². The summed E-state index contributed by atoms with van der Waals surface area (Å²) in [5.74, 6) is 0. The second-order valence-electron chi connectivity index (χ2n) is 4.07. The van der Waals surface area contributed by atoms with Crippen molar-refractivity contribution in [3.05, 3.63) is 35.9 Å². The van der Waals surface area contributed by atoms with Gasteiger partial charge in [-0.1, -0.05) is 88.3 Å². The summed E-state index contributed by atoms with van der Waals surface area (Å²) in [7, 11) is 0. The van der Waals surface area contributed by atoms with Crippen molar-refractivity contribution in [2.24, 2.45) is 0 Å². The zero-order valence-electron chi connectivity index (χ0n) is 11.5. The zero-order chi connectivity index (χ0) is 11.4. The quantitative estimate of drug-likeness (QED) is 0.588. The fourth-order valence-electron chi connectivity index (χ4n) is 1.39. The first-order valence-electron chi connectivity index (χ1n) is 6.32. The maximum atomic E-state index is 2.26. The van der Waals surface area contributed by atoms with E-state index >= 15 is 0 Å². The van der Waals surface area contributed by atoms with Crippen LogP contribution in [0.4, 0.5) is 0 Å². The molecule has 1 aromatic rings. The van der Waals surface area contributed by atoms with E-state index in [1.807, 2.05) is 18.2 Å². The largest absolute Gasteiger partial charge is 0.197 e. The molecule has 0 aliphatic carbocycles. The van der Waals surface area contributed by atoms with Gasteiger partial charge in [-0.05, 0) is 6.92 Å². The van der Waals surface area contributed by atoms with Crippen LogP contribution in [0.3, 0.4) is 0 Å². The molecule has 2 heteroatoms. The molecule has 1 rings (SSSR count). The molecule has 0 nitrogen and oxygen atoms in total. The molecule has 0 aliphatic heterocycles. The molecular formula is C15H29ClS. The van der Waals surface area contributed by atoms with Crippen LogP contribution >= 0.6 is 25.9 Å². The summed E-state index contributed by atoms with van der Waals surface area (Å²) in [6.45, 7) is 6.60. The number of benzene rings is 1. The third-order valence-electron chi connectivity index (χ3n) is 2.40. The second-order valence-corrected chi connectivity index (χ2v) is 4.07. The van der Waals surface area contributed by atoms with Gasteiger partial charge >= 0.3 is 0 Å². The Morgan fingerprint density at radius 2 is 1.18 bits per heavy atom. The molecule has 0 amide bonds. The van der Waals surface area contributed by atoms with Gasteiger partial charge in [-0.3, -0.25) is 0 Å². The molecular weight excluding hydrogens is 248 g/mol. The lowest BCUT2D eigenvalue weighted by Gasteiger charge is -1.93. The van der Waals surface area contributed by atoms with Crippen LogP contribution in [-0.2, 0) is 0 Å². The maximum absolute atomic E-state index is 2.26. The molecule has 0 saturated heterocycles. The molecule has 1 aromatic carbocycles. The van der Waals surface area contributed by atoms with Crippen molar-refractivity contribution in [2.75, 3.05) is 0 Å². The zero-order valence-corrected chi connectivity index (χ0v) is 13.4. The number of hydrogen-bond donors (Lipinski definition) is 0. The Morgan fingerprint density at radius 3 is 1.41 bits per heavy atom. The van der Waals surface area contributed by atoms with Crippen LogP contribution in [0.1, 0.15) is 57.9 Å². The fraction of sp³-hybridized carbons (Fsp3) is 0.600. The molecule has 0 aromatic heterocycles. The van der Waals surface area contributed by atoms with E-state index in [4.69, 9.17) is 0 Å². The van der Waals surface area contributed by atoms with Crippen molar-refractivity contribution in [1.82, 2.24) is 0 Å². The van der Waals surface area contributed by atoms with Crippen LogP contribution in [-0.4, -0.2) is 0 Å². The molecule has 0 atom stereocenters. The van der Waals surface area contributed by atoms with Crippen LogP contribution in [0.25, 0.3) is 0 Å². The fourth-order valence-corrected chi connectivity index (χ4v) is 1.39. The molecule has 0 N–H and O–H groups in total. The lowest BCUT2D eigenvalue weighted by atomic mass is 10.1. The van der Waals surface area contributed by atoms with E-state index in [0.29, 0.717) is 0 Å². The second kappa shape index (κ2) is 18.2. The summed E-state index contributed by atoms with van der Waals surface area (Å²) < 4.78 is 0. The number of unbranched alkanes of at least 4 members (excludes halogenated alkanes) is 5. The van der Waals surface area contributed by atoms with E-state index in [2.05, 4.69) is 32.9 Å². The van der Waals surface area contributed by atoms with Crippen LogP contribution in [0.15, 0.2) is 30.3 Å². The standard InChI is InChI=1S/C8H18.C7H8.ClH.H2S/c1-3-5-7-8-6-4-2;1-7-5-3-2-4-6-7;;/h3-8H2,1-2H3;2-6H,1H3;1H;1H2. The highest BCUT2D eigenvalue weighted by atomic mass is 35.5. The van der Waals surface area contributed by atoms with E-state index in [1.54, 1.807) is 0 Å². The highest BCUT2D eigenvalue weighted by molar-refractivity contribution is 7.59. The molecule has 0 unspecified atom stereocenters. The Bertz CT molecular complexity index is 205. The van der Waals surface area contributed by atoms with Gasteiger partial charge in [-0.2, -0.15) is 13.5 Å². The first kappa shape index (κ1) is 22.1. The number of hydrogen-bond acceptors (Lipinski definition) is 0. The molecule has 0 aliphatic rings. The monoisotopic (exact) mass is 276 g/mol. The lowest BCUT2D eigenvalue weighted by Crippen LogP contribution is -1.73. The van der Waals surface area contributed by atoms with Gasteiger partial charge in [0.05, 0.1) is 0 Å². The average Bonchev–Trinajstić information content (AvgIpc) is 2.27. The summed E-state index contributed by atoms with van der Waals surface area (Å²) in [5, 5.41) is 0. The molecule has 0 radical (unpaired) electrons. The Kier molecular flexibility index (Phi) is 23.7. The van der Waals surface area contributed by atoms with Gasteiger partial charge in [0, 0.05) is 0 Å². The number of aryl methyl sites for hydroxylation is 1. The minimum atomic E-state index is 0. The van der Waals surface area contributed by atoms with E-state index in [9.17, 15) is 0 Å². The van der Waals surface area contributed by atoms with Gasteiger partial charge in [0.25, 0.3) is 0 Å². The Labute approximate surface area is 121 Å². The maximum Gasteiger partial charge on any atom is -0.0398 e. The Morgan fingerprint density at radius 1 is 0.765 bits per heavy atom. The third kappa shape index (κ3) is 18.4. The highest BCUT2D eigenvalue weighted by Crippen LogP contribution is 2.03. The van der Waals surface area contributed by atoms with E-state index in [0.717, 1.165) is 0 Å². The summed E-state index contributed by atoms with van der Waals surface area (Å²) in [4.78, 5) is 0. The molecule has 0 spiro atoms. The summed E-state index contributed by atoms with van der Waals surface area (Å²) in [5.41, 5.74) is 1.32. The Balaban J connectivity index is -0.000000207. The first-order valence-corrected chi connectivity index (χ1v) is 6.32. The van der Waals surface area contributed by atoms with E-state index in [-0.39, 0.29) is 25.9 Å². The average molecular weight is 277 g/mol. The van der Waals surface area contributed by atoms with Crippen molar-refractivity contribution in [1.29, 1.82) is 0 Å². The lowest BCUT2D eigenvalue weighted by molar-refractivity contribution is 0.624. The predicted octanol–water partition coefficient (Wildman–Crippen LogP) is 5.90. The summed E-state index contributed by atoms with van der Waals surface area (Å²) in [6, 6.07) is 10.3. The molecule has 0 saturated carbocycles. The Hall–Kier alpha value is -0.140. The minimum absolute atomic E-state index is 0. The van der Waals surface area contributed by atoms with Crippen LogP contribution in [0.5, 0.6) is 0 Å². The molecule has 0 fully saturated rings. The first-order chi connectivity index (χ1) is 7.31. The van der Waals surface area contributed by atoms with Gasteiger partial charge in [-0.25, -0.2) is 0 Å². The third-order valence-corrected chi connectivity index (χ3v) is 2.40. The van der Waals surface area contributed by atoms with Crippen LogP contribution in [0, 0.1) is 6.92 Å². The van der Waals surface area contributed by atoms with Gasteiger partial charge in [0.15, 0.2) is 0 Å². The van der Waals surface area contributed by atoms with Crippen LogP contribution < -0.4 is 0 Å². The predicted molar refractivity (Wildman–Crippen MR) is 87.9 cm³/mol. The molecule has 0 heterocycles. The smallest absolute Gasteiger partial charge is 0.0398 e. The van der Waals surface area contributed by atoms with Crippen molar-refractivity contribution in [3.8, 4) is 0 Å². The molecule has 102 valence electrons. The van der Waals surface area contributed by atoms with Gasteiger partial charge < -0.3 is 0 Å². The minimum Gasteiger partial charge on any atom is -0.197 e. The van der Waals surface area contributed by atoms with Crippen molar-refractivity contribution < 1.29 is 0 Å². The summed E-state index contributed by atoms with van der Waals surface area (Å²) >= 11 is 0. The number of halogens is 1. The molecule has 0 bridgehead atoms. The number of rotatable bonds is 5. The summed E-state index contributed by atoms with van der Waals surface area (Å²) in [6.07, 6.45) is 8.49. The van der Waals surface area contributed by atoms with E-state index in [1.165, 1.54) is 44.1 Å². The SMILES string of the molecule is CCCCCCCC.Cc1ccccc1.Cl.S. The van der Waals surface area contributed by atoms with Gasteiger partial charge in [0.2, 0.25) is 0 Å². The van der Waals surface area contributed by atoms with Crippen molar-refractivity contribution in [3.63, 3.8) is 0 Å². The highest BCUT2D eigenvalue weighted by Gasteiger charge is 1.83. The van der Waals surface area contributed by atoms with E-state index < -0.39 is 0 Å². The van der Waals surface area contributed by atoms with Crippen molar-refractivity contribution >= 4 is 25.9 Å². The topological polar surface area (TPSA) is 0 Å². The van der Waals surface area contributed by atoms with Gasteiger partial charge in [-0.15, -0.1) is 12.4 Å². The normalized spacial score (nSPS) is 8.18. The van der Waals surface area contributed by atoms with Crippen molar-refractivity contribution in [2.45, 2.75) is 59.3 Å².